The van der Waals surface area contributed by atoms with Crippen molar-refractivity contribution in [3.63, 3.8) is 0 Å². The molecule has 1 amide bonds. The van der Waals surface area contributed by atoms with Crippen LogP contribution in [0.1, 0.15) is 62.0 Å². The summed E-state index contributed by atoms with van der Waals surface area (Å²) >= 11 is 0. The summed E-state index contributed by atoms with van der Waals surface area (Å²) in [6, 6.07) is 0.241. The lowest BCUT2D eigenvalue weighted by molar-refractivity contribution is 0.0286. The minimum atomic E-state index is 0.148. The highest BCUT2D eigenvalue weighted by Gasteiger charge is 2.40. The second-order valence-electron chi connectivity index (χ2n) is 7.32. The summed E-state index contributed by atoms with van der Waals surface area (Å²) in [5.41, 5.74) is 2.11. The fraction of sp³-hybridized carbons (Fsp3) is 0.667. The third kappa shape index (κ3) is 2.59. The number of carbonyl (C=O) groups is 1. The topological polar surface area (TPSA) is 38.1 Å². The Bertz CT molecular complexity index is 573. The molecule has 0 unspecified atom stereocenters. The van der Waals surface area contributed by atoms with Gasteiger partial charge in [0.25, 0.3) is 5.91 Å². The number of likely N-dealkylation sites (tertiary alicyclic amines) is 1. The van der Waals surface area contributed by atoms with Crippen LogP contribution in [-0.4, -0.2) is 33.2 Å². The SMILES string of the molecule is C=CC[C@H]1N(C(=O)c2cnn3c2CCCC3)CCCC1(C)C. The predicted molar refractivity (Wildman–Crippen MR) is 87.8 cm³/mol. The van der Waals surface area contributed by atoms with Crippen LogP contribution in [0.2, 0.25) is 0 Å². The fourth-order valence-electron chi connectivity index (χ4n) is 4.05. The molecule has 0 aliphatic carbocycles. The number of hydrogen-bond donors (Lipinski definition) is 0. The lowest BCUT2D eigenvalue weighted by atomic mass is 9.75. The highest BCUT2D eigenvalue weighted by Crippen LogP contribution is 2.38. The largest absolute Gasteiger partial charge is 0.335 e. The molecule has 0 bridgehead atoms. The van der Waals surface area contributed by atoms with E-state index in [1.165, 1.54) is 6.42 Å². The lowest BCUT2D eigenvalue weighted by Crippen LogP contribution is -2.52. The molecule has 120 valence electrons. The number of hydrogen-bond acceptors (Lipinski definition) is 2. The Balaban J connectivity index is 1.89. The number of fused-ring (bicyclic) bond motifs is 1. The lowest BCUT2D eigenvalue weighted by Gasteiger charge is -2.46. The number of aromatic nitrogens is 2. The van der Waals surface area contributed by atoms with E-state index in [1.54, 1.807) is 6.20 Å². The number of piperidine rings is 1. The van der Waals surface area contributed by atoms with Crippen molar-refractivity contribution in [3.8, 4) is 0 Å². The molecule has 0 spiro atoms. The molecule has 0 radical (unpaired) electrons. The van der Waals surface area contributed by atoms with Gasteiger partial charge in [0.1, 0.15) is 0 Å². The summed E-state index contributed by atoms with van der Waals surface area (Å²) in [6.45, 7) is 10.2. The van der Waals surface area contributed by atoms with Crippen LogP contribution in [0, 0.1) is 5.41 Å². The highest BCUT2D eigenvalue weighted by atomic mass is 16.2. The van der Waals surface area contributed by atoms with Crippen LogP contribution >= 0.6 is 0 Å². The Morgan fingerprint density at radius 2 is 2.23 bits per heavy atom. The maximum absolute atomic E-state index is 13.1. The van der Waals surface area contributed by atoms with Crippen molar-refractivity contribution in [2.45, 2.75) is 65.0 Å². The molecular weight excluding hydrogens is 274 g/mol. The second-order valence-corrected chi connectivity index (χ2v) is 7.32. The zero-order chi connectivity index (χ0) is 15.7. The molecule has 22 heavy (non-hydrogen) atoms. The van der Waals surface area contributed by atoms with Gasteiger partial charge in [-0.1, -0.05) is 19.9 Å². The van der Waals surface area contributed by atoms with Crippen molar-refractivity contribution < 1.29 is 4.79 Å². The van der Waals surface area contributed by atoms with E-state index in [2.05, 4.69) is 30.4 Å². The van der Waals surface area contributed by atoms with Crippen molar-refractivity contribution >= 4 is 5.91 Å². The van der Waals surface area contributed by atoms with E-state index in [0.717, 1.165) is 56.5 Å². The molecule has 0 saturated carbocycles. The minimum Gasteiger partial charge on any atom is -0.335 e. The molecule has 1 aromatic heterocycles. The highest BCUT2D eigenvalue weighted by molar-refractivity contribution is 5.95. The van der Waals surface area contributed by atoms with Gasteiger partial charge in [-0.15, -0.1) is 6.58 Å². The monoisotopic (exact) mass is 301 g/mol. The van der Waals surface area contributed by atoms with Crippen molar-refractivity contribution in [1.82, 2.24) is 14.7 Å². The van der Waals surface area contributed by atoms with Crippen LogP contribution in [0.3, 0.4) is 0 Å². The summed E-state index contributed by atoms with van der Waals surface area (Å²) in [6.07, 6.45) is 10.1. The van der Waals surface area contributed by atoms with Gasteiger partial charge in [0.15, 0.2) is 0 Å². The molecule has 2 aliphatic heterocycles. The van der Waals surface area contributed by atoms with Gasteiger partial charge in [-0.25, -0.2) is 0 Å². The molecule has 3 heterocycles. The Morgan fingerprint density at radius 3 is 3.00 bits per heavy atom. The number of carbonyl (C=O) groups excluding carboxylic acids is 1. The summed E-state index contributed by atoms with van der Waals surface area (Å²) in [7, 11) is 0. The van der Waals surface area contributed by atoms with Gasteiger partial charge in [-0.05, 0) is 43.9 Å². The van der Waals surface area contributed by atoms with Gasteiger partial charge in [0, 0.05) is 19.1 Å². The Hall–Kier alpha value is -1.58. The van der Waals surface area contributed by atoms with E-state index in [9.17, 15) is 4.79 Å². The van der Waals surface area contributed by atoms with Crippen molar-refractivity contribution in [2.24, 2.45) is 5.41 Å². The number of rotatable bonds is 3. The van der Waals surface area contributed by atoms with Crippen LogP contribution in [-0.2, 0) is 13.0 Å². The molecule has 1 saturated heterocycles. The van der Waals surface area contributed by atoms with E-state index in [0.29, 0.717) is 0 Å². The first-order valence-electron chi connectivity index (χ1n) is 8.51. The van der Waals surface area contributed by atoms with Gasteiger partial charge in [0.2, 0.25) is 0 Å². The molecule has 1 fully saturated rings. The minimum absolute atomic E-state index is 0.148. The number of aryl methyl sites for hydroxylation is 1. The smallest absolute Gasteiger partial charge is 0.257 e. The van der Waals surface area contributed by atoms with E-state index >= 15 is 0 Å². The molecule has 1 atom stereocenters. The Morgan fingerprint density at radius 1 is 1.41 bits per heavy atom. The zero-order valence-corrected chi connectivity index (χ0v) is 13.8. The molecule has 4 heteroatoms. The third-order valence-corrected chi connectivity index (χ3v) is 5.36. The Kier molecular flexibility index (Phi) is 4.11. The first-order chi connectivity index (χ1) is 10.5. The first-order valence-corrected chi connectivity index (χ1v) is 8.51. The fourth-order valence-corrected chi connectivity index (χ4v) is 4.05. The van der Waals surface area contributed by atoms with Gasteiger partial charge < -0.3 is 4.90 Å². The van der Waals surface area contributed by atoms with E-state index in [1.807, 2.05) is 10.8 Å². The van der Waals surface area contributed by atoms with Crippen LogP contribution in [0.25, 0.3) is 0 Å². The van der Waals surface area contributed by atoms with Gasteiger partial charge in [0.05, 0.1) is 17.5 Å². The van der Waals surface area contributed by atoms with Gasteiger partial charge in [-0.2, -0.15) is 5.10 Å². The maximum atomic E-state index is 13.1. The van der Waals surface area contributed by atoms with Crippen molar-refractivity contribution in [3.05, 3.63) is 30.1 Å². The van der Waals surface area contributed by atoms with Crippen molar-refractivity contribution in [1.29, 1.82) is 0 Å². The maximum Gasteiger partial charge on any atom is 0.257 e. The number of amides is 1. The predicted octanol–water partition coefficient (Wildman–Crippen LogP) is 3.43. The average molecular weight is 301 g/mol. The standard InChI is InChI=1S/C18H27N3O/c1-4-8-16-18(2,3)10-7-11-20(16)17(22)14-13-19-21-12-6-5-9-15(14)21/h4,13,16H,1,5-12H2,2-3H3/t16-/m1/s1. The van der Waals surface area contributed by atoms with Crippen LogP contribution < -0.4 is 0 Å². The normalized spacial score (nSPS) is 23.9. The third-order valence-electron chi connectivity index (χ3n) is 5.36. The first kappa shape index (κ1) is 15.3. The molecule has 4 nitrogen and oxygen atoms in total. The Labute approximate surface area is 133 Å². The van der Waals surface area contributed by atoms with Crippen molar-refractivity contribution in [2.75, 3.05) is 6.54 Å². The molecule has 3 rings (SSSR count). The average Bonchev–Trinajstić information content (AvgIpc) is 2.92. The molecule has 1 aromatic rings. The van der Waals surface area contributed by atoms with Crippen LogP contribution in [0.15, 0.2) is 18.9 Å². The summed E-state index contributed by atoms with van der Waals surface area (Å²) in [4.78, 5) is 15.2. The van der Waals surface area contributed by atoms with E-state index < -0.39 is 0 Å². The summed E-state index contributed by atoms with van der Waals surface area (Å²) < 4.78 is 2.02. The van der Waals surface area contributed by atoms with E-state index in [4.69, 9.17) is 0 Å². The second kappa shape index (κ2) is 5.90. The van der Waals surface area contributed by atoms with Gasteiger partial charge >= 0.3 is 0 Å². The quantitative estimate of drug-likeness (QED) is 0.802. The number of nitrogens with zero attached hydrogens (tertiary/aromatic N) is 3. The molecule has 0 N–H and O–H groups in total. The van der Waals surface area contributed by atoms with Gasteiger partial charge in [-0.3, -0.25) is 9.48 Å². The van der Waals surface area contributed by atoms with Crippen LogP contribution in [0.5, 0.6) is 0 Å². The molecule has 2 aliphatic rings. The van der Waals surface area contributed by atoms with Crippen LogP contribution in [0.4, 0.5) is 0 Å². The summed E-state index contributed by atoms with van der Waals surface area (Å²) in [5, 5.41) is 4.43. The summed E-state index contributed by atoms with van der Waals surface area (Å²) in [5.74, 6) is 0.169. The van der Waals surface area contributed by atoms with E-state index in [-0.39, 0.29) is 17.4 Å². The molecule has 0 aromatic carbocycles. The molecular formula is C18H27N3O. The zero-order valence-electron chi connectivity index (χ0n) is 13.8.